The van der Waals surface area contributed by atoms with E-state index in [0.29, 0.717) is 0 Å². The molecule has 0 bridgehead atoms. The van der Waals surface area contributed by atoms with Crippen LogP contribution in [0.3, 0.4) is 0 Å². The van der Waals surface area contributed by atoms with E-state index >= 15 is 0 Å². The highest BCUT2D eigenvalue weighted by atomic mass is 16.7. The molecular formula is C14H14N2O. The van der Waals surface area contributed by atoms with E-state index in [0.717, 1.165) is 17.9 Å². The first kappa shape index (κ1) is 11.3. The molecule has 2 rings (SSSR count). The van der Waals surface area contributed by atoms with Crippen molar-refractivity contribution in [2.45, 2.75) is 12.8 Å². The third-order valence-corrected chi connectivity index (χ3v) is 2.56. The van der Waals surface area contributed by atoms with E-state index in [2.05, 4.69) is 6.07 Å². The fourth-order valence-electron chi connectivity index (χ4n) is 1.57. The summed E-state index contributed by atoms with van der Waals surface area (Å²) in [5, 5.41) is 10.6. The van der Waals surface area contributed by atoms with Crippen molar-refractivity contribution in [1.82, 2.24) is 5.06 Å². The highest BCUT2D eigenvalue weighted by Gasteiger charge is 2.07. The molecule has 1 aliphatic rings. The topological polar surface area (TPSA) is 36.3 Å². The van der Waals surface area contributed by atoms with Gasteiger partial charge in [0.25, 0.3) is 0 Å². The standard InChI is InChI=1S/C14H14N2O/c1-12(11-15)13-6-5-7-14(10-13)17-16-8-3-2-4-9-16/h2-8,10,12H,9H2,1H3. The minimum atomic E-state index is -0.115. The molecule has 3 heteroatoms. The number of benzene rings is 1. The lowest BCUT2D eigenvalue weighted by Gasteiger charge is -2.21. The van der Waals surface area contributed by atoms with Crippen molar-refractivity contribution in [1.29, 1.82) is 5.26 Å². The summed E-state index contributed by atoms with van der Waals surface area (Å²) in [7, 11) is 0. The minimum Gasteiger partial charge on any atom is -0.380 e. The predicted octanol–water partition coefficient (Wildman–Crippen LogP) is 2.99. The molecule has 0 aliphatic carbocycles. The van der Waals surface area contributed by atoms with Gasteiger partial charge in [0, 0.05) is 6.20 Å². The van der Waals surface area contributed by atoms with Crippen LogP contribution in [-0.4, -0.2) is 11.6 Å². The van der Waals surface area contributed by atoms with Gasteiger partial charge in [-0.25, -0.2) is 5.06 Å². The number of rotatable bonds is 3. The molecule has 0 N–H and O–H groups in total. The van der Waals surface area contributed by atoms with Crippen molar-refractivity contribution in [2.24, 2.45) is 0 Å². The van der Waals surface area contributed by atoms with Crippen LogP contribution in [0.25, 0.3) is 0 Å². The summed E-state index contributed by atoms with van der Waals surface area (Å²) >= 11 is 0. The van der Waals surface area contributed by atoms with Gasteiger partial charge in [-0.05, 0) is 30.7 Å². The summed E-state index contributed by atoms with van der Waals surface area (Å²) < 4.78 is 0. The molecule has 0 amide bonds. The van der Waals surface area contributed by atoms with Gasteiger partial charge >= 0.3 is 0 Å². The van der Waals surface area contributed by atoms with Gasteiger partial charge in [0.1, 0.15) is 0 Å². The van der Waals surface area contributed by atoms with Crippen LogP contribution in [0, 0.1) is 11.3 Å². The fraction of sp³-hybridized carbons (Fsp3) is 0.214. The maximum absolute atomic E-state index is 8.88. The molecule has 1 heterocycles. The molecule has 0 saturated heterocycles. The van der Waals surface area contributed by atoms with E-state index in [1.54, 1.807) is 5.06 Å². The Morgan fingerprint density at radius 3 is 3.00 bits per heavy atom. The van der Waals surface area contributed by atoms with Crippen LogP contribution >= 0.6 is 0 Å². The first-order chi connectivity index (χ1) is 8.29. The number of allylic oxidation sites excluding steroid dienone is 2. The Bertz CT molecular complexity index is 485. The Balaban J connectivity index is 2.09. The zero-order chi connectivity index (χ0) is 12.1. The van der Waals surface area contributed by atoms with Crippen molar-refractivity contribution in [2.75, 3.05) is 6.54 Å². The van der Waals surface area contributed by atoms with E-state index in [1.807, 2.05) is 55.6 Å². The fourth-order valence-corrected chi connectivity index (χ4v) is 1.57. The zero-order valence-corrected chi connectivity index (χ0v) is 9.71. The molecule has 0 radical (unpaired) electrons. The Hall–Kier alpha value is -2.21. The summed E-state index contributed by atoms with van der Waals surface area (Å²) in [6.45, 7) is 2.61. The van der Waals surface area contributed by atoms with Gasteiger partial charge in [-0.2, -0.15) is 5.26 Å². The Kier molecular flexibility index (Phi) is 3.46. The highest BCUT2D eigenvalue weighted by molar-refractivity contribution is 5.33. The molecule has 0 aromatic heterocycles. The largest absolute Gasteiger partial charge is 0.380 e. The van der Waals surface area contributed by atoms with Crippen LogP contribution in [0.2, 0.25) is 0 Å². The summed E-state index contributed by atoms with van der Waals surface area (Å²) in [5.74, 6) is 0.639. The second-order valence-corrected chi connectivity index (χ2v) is 3.88. The van der Waals surface area contributed by atoms with Gasteiger partial charge in [-0.3, -0.25) is 0 Å². The molecular weight excluding hydrogens is 212 g/mol. The monoisotopic (exact) mass is 226 g/mol. The van der Waals surface area contributed by atoms with Crippen LogP contribution < -0.4 is 4.84 Å². The summed E-state index contributed by atoms with van der Waals surface area (Å²) in [5.41, 5.74) is 0.974. The molecule has 17 heavy (non-hydrogen) atoms. The predicted molar refractivity (Wildman–Crippen MR) is 66.1 cm³/mol. The lowest BCUT2D eigenvalue weighted by molar-refractivity contribution is 0.00347. The molecule has 0 fully saturated rings. The second kappa shape index (κ2) is 5.22. The number of hydrogen-bond acceptors (Lipinski definition) is 3. The van der Waals surface area contributed by atoms with Crippen molar-refractivity contribution >= 4 is 0 Å². The number of hydroxylamine groups is 2. The Morgan fingerprint density at radius 2 is 2.29 bits per heavy atom. The molecule has 3 nitrogen and oxygen atoms in total. The van der Waals surface area contributed by atoms with E-state index in [9.17, 15) is 0 Å². The van der Waals surface area contributed by atoms with Gasteiger partial charge < -0.3 is 4.84 Å². The third kappa shape index (κ3) is 2.88. The molecule has 1 aliphatic heterocycles. The SMILES string of the molecule is CC(C#N)c1cccc(ON2C=CC=CC2)c1. The molecule has 86 valence electrons. The molecule has 1 atom stereocenters. The normalized spacial score (nSPS) is 15.4. The molecule has 1 unspecified atom stereocenters. The second-order valence-electron chi connectivity index (χ2n) is 3.88. The van der Waals surface area contributed by atoms with Gasteiger partial charge in [-0.15, -0.1) is 0 Å². The third-order valence-electron chi connectivity index (χ3n) is 2.56. The van der Waals surface area contributed by atoms with Gasteiger partial charge in [0.2, 0.25) is 0 Å². The Labute approximate surface area is 101 Å². The molecule has 0 saturated carbocycles. The first-order valence-corrected chi connectivity index (χ1v) is 5.57. The van der Waals surface area contributed by atoms with Crippen LogP contribution in [-0.2, 0) is 0 Å². The van der Waals surface area contributed by atoms with E-state index in [-0.39, 0.29) is 5.92 Å². The quantitative estimate of drug-likeness (QED) is 0.795. The highest BCUT2D eigenvalue weighted by Crippen LogP contribution is 2.21. The van der Waals surface area contributed by atoms with Gasteiger partial charge in [-0.1, -0.05) is 24.3 Å². The number of nitrogens with zero attached hydrogens (tertiary/aromatic N) is 2. The van der Waals surface area contributed by atoms with Gasteiger partial charge in [0.05, 0.1) is 18.5 Å². The van der Waals surface area contributed by atoms with Crippen LogP contribution in [0.5, 0.6) is 5.75 Å². The lowest BCUT2D eigenvalue weighted by atomic mass is 10.0. The van der Waals surface area contributed by atoms with Crippen LogP contribution in [0.15, 0.2) is 48.7 Å². The van der Waals surface area contributed by atoms with E-state index in [4.69, 9.17) is 10.1 Å². The maximum Gasteiger partial charge on any atom is 0.155 e. The smallest absolute Gasteiger partial charge is 0.155 e. The summed E-state index contributed by atoms with van der Waals surface area (Å²) in [6, 6.07) is 9.85. The summed E-state index contributed by atoms with van der Waals surface area (Å²) in [6.07, 6.45) is 7.79. The van der Waals surface area contributed by atoms with Crippen molar-refractivity contribution < 1.29 is 4.84 Å². The van der Waals surface area contributed by atoms with Crippen LogP contribution in [0.4, 0.5) is 0 Å². The first-order valence-electron chi connectivity index (χ1n) is 5.57. The molecule has 1 aromatic carbocycles. The average molecular weight is 226 g/mol. The van der Waals surface area contributed by atoms with E-state index in [1.165, 1.54) is 0 Å². The van der Waals surface area contributed by atoms with Crippen molar-refractivity contribution in [3.63, 3.8) is 0 Å². The Morgan fingerprint density at radius 1 is 1.41 bits per heavy atom. The average Bonchev–Trinajstić information content (AvgIpc) is 2.39. The molecule has 0 spiro atoms. The maximum atomic E-state index is 8.88. The lowest BCUT2D eigenvalue weighted by Crippen LogP contribution is -2.22. The minimum absolute atomic E-state index is 0.115. The van der Waals surface area contributed by atoms with Crippen molar-refractivity contribution in [3.05, 3.63) is 54.3 Å². The number of nitriles is 1. The van der Waals surface area contributed by atoms with Crippen molar-refractivity contribution in [3.8, 4) is 11.8 Å². The van der Waals surface area contributed by atoms with E-state index < -0.39 is 0 Å². The number of hydrogen-bond donors (Lipinski definition) is 0. The zero-order valence-electron chi connectivity index (χ0n) is 9.71. The molecule has 1 aromatic rings. The van der Waals surface area contributed by atoms with Crippen LogP contribution in [0.1, 0.15) is 18.4 Å². The van der Waals surface area contributed by atoms with Gasteiger partial charge in [0.15, 0.2) is 5.75 Å². The summed E-state index contributed by atoms with van der Waals surface area (Å²) in [4.78, 5) is 5.68.